The minimum Gasteiger partial charge on any atom is -0.508 e. The molecule has 8 nitrogen and oxygen atoms in total. The summed E-state index contributed by atoms with van der Waals surface area (Å²) in [5.41, 5.74) is 0.323. The van der Waals surface area contributed by atoms with Crippen LogP contribution in [0.3, 0.4) is 0 Å². The Morgan fingerprint density at radius 3 is 2.48 bits per heavy atom. The third-order valence-electron chi connectivity index (χ3n) is 4.08. The molecule has 3 aromatic rings. The largest absolute Gasteiger partial charge is 0.508 e. The van der Waals surface area contributed by atoms with Gasteiger partial charge in [-0.3, -0.25) is 9.59 Å². The van der Waals surface area contributed by atoms with Gasteiger partial charge in [0.25, 0.3) is 11.5 Å². The van der Waals surface area contributed by atoms with Gasteiger partial charge >= 0.3 is 5.97 Å². The molecular formula is C19H17N3O5. The van der Waals surface area contributed by atoms with Gasteiger partial charge in [0, 0.05) is 11.8 Å². The first kappa shape index (κ1) is 18.1. The molecule has 1 aromatic heterocycles. The van der Waals surface area contributed by atoms with Gasteiger partial charge in [0.2, 0.25) is 0 Å². The monoisotopic (exact) mass is 367 g/mol. The predicted molar refractivity (Wildman–Crippen MR) is 97.4 cm³/mol. The number of aromatic nitrogens is 2. The van der Waals surface area contributed by atoms with Gasteiger partial charge in [-0.15, -0.1) is 0 Å². The Labute approximate surface area is 153 Å². The van der Waals surface area contributed by atoms with Crippen LogP contribution in [-0.2, 0) is 16.0 Å². The van der Waals surface area contributed by atoms with Crippen LogP contribution < -0.4 is 10.9 Å². The molecule has 2 aromatic carbocycles. The number of rotatable bonds is 5. The minimum atomic E-state index is -0.959. The first-order valence-electron chi connectivity index (χ1n) is 8.13. The van der Waals surface area contributed by atoms with E-state index in [0.717, 1.165) is 5.56 Å². The van der Waals surface area contributed by atoms with Crippen molar-refractivity contribution in [3.05, 3.63) is 70.1 Å². The number of carbonyl (C=O) groups is 2. The molecule has 1 amide bonds. The van der Waals surface area contributed by atoms with Crippen LogP contribution in [0.5, 0.6) is 5.75 Å². The van der Waals surface area contributed by atoms with Crippen LogP contribution in [0.4, 0.5) is 0 Å². The molecule has 8 heteroatoms. The summed E-state index contributed by atoms with van der Waals surface area (Å²) in [5, 5.41) is 18.8. The van der Waals surface area contributed by atoms with E-state index >= 15 is 0 Å². The molecule has 3 rings (SSSR count). The second-order valence-corrected chi connectivity index (χ2v) is 5.87. The molecular weight excluding hydrogens is 350 g/mol. The standard InChI is InChI=1S/C19H17N3O5/c1-27-19(26)15(10-11-6-8-12(23)9-7-11)20-18(25)16-13-4-2-3-5-14(13)17(24)22-21-16/h2-9,15,23H,10H2,1H3,(H,20,25)(H,22,24)/t15-/m0/s1. The highest BCUT2D eigenvalue weighted by Gasteiger charge is 2.24. The zero-order chi connectivity index (χ0) is 19.4. The number of phenolic OH excluding ortho intramolecular Hbond substituents is 1. The number of methoxy groups -OCH3 is 1. The molecule has 0 radical (unpaired) electrons. The molecule has 138 valence electrons. The van der Waals surface area contributed by atoms with Gasteiger partial charge in [-0.05, 0) is 23.8 Å². The van der Waals surface area contributed by atoms with Crippen LogP contribution in [0.25, 0.3) is 10.8 Å². The third kappa shape index (κ3) is 3.95. The molecule has 0 fully saturated rings. The summed E-state index contributed by atoms with van der Waals surface area (Å²) in [5.74, 6) is -1.14. The van der Waals surface area contributed by atoms with E-state index in [2.05, 4.69) is 15.5 Å². The lowest BCUT2D eigenvalue weighted by Crippen LogP contribution is -2.43. The number of aromatic hydroxyl groups is 1. The fourth-order valence-corrected chi connectivity index (χ4v) is 2.72. The van der Waals surface area contributed by atoms with E-state index in [0.29, 0.717) is 10.8 Å². The highest BCUT2D eigenvalue weighted by molar-refractivity contribution is 6.05. The first-order valence-corrected chi connectivity index (χ1v) is 8.13. The van der Waals surface area contributed by atoms with E-state index in [1.807, 2.05) is 0 Å². The smallest absolute Gasteiger partial charge is 0.328 e. The first-order chi connectivity index (χ1) is 13.0. The number of phenols is 1. The molecule has 0 unspecified atom stereocenters. The van der Waals surface area contributed by atoms with Crippen LogP contribution in [0, 0.1) is 0 Å². The number of fused-ring (bicyclic) bond motifs is 1. The lowest BCUT2D eigenvalue weighted by atomic mass is 10.0. The molecule has 1 heterocycles. The van der Waals surface area contributed by atoms with Gasteiger partial charge in [0.15, 0.2) is 5.69 Å². The number of esters is 1. The summed E-state index contributed by atoms with van der Waals surface area (Å²) in [4.78, 5) is 36.7. The minimum absolute atomic E-state index is 0.00445. The highest BCUT2D eigenvalue weighted by atomic mass is 16.5. The Morgan fingerprint density at radius 1 is 1.15 bits per heavy atom. The Bertz CT molecular complexity index is 1040. The van der Waals surface area contributed by atoms with Crippen LogP contribution >= 0.6 is 0 Å². The average molecular weight is 367 g/mol. The number of aromatic amines is 1. The SMILES string of the molecule is COC(=O)[C@H](Cc1ccc(O)cc1)NC(=O)c1n[nH]c(=O)c2ccccc12. The van der Waals surface area contributed by atoms with Crippen LogP contribution in [-0.4, -0.2) is 40.3 Å². The van der Waals surface area contributed by atoms with Crippen molar-refractivity contribution in [1.29, 1.82) is 0 Å². The average Bonchev–Trinajstić information content (AvgIpc) is 2.69. The summed E-state index contributed by atoms with van der Waals surface area (Å²) in [6.07, 6.45) is 0.167. The van der Waals surface area contributed by atoms with Crippen LogP contribution in [0.1, 0.15) is 16.1 Å². The number of hydrogen-bond donors (Lipinski definition) is 3. The molecule has 0 spiro atoms. The second-order valence-electron chi connectivity index (χ2n) is 5.87. The quantitative estimate of drug-likeness (QED) is 0.582. The van der Waals surface area contributed by atoms with Gasteiger partial charge < -0.3 is 15.2 Å². The fraction of sp³-hybridized carbons (Fsp3) is 0.158. The van der Waals surface area contributed by atoms with Gasteiger partial charge in [0.1, 0.15) is 11.8 Å². The lowest BCUT2D eigenvalue weighted by molar-refractivity contribution is -0.142. The maximum Gasteiger partial charge on any atom is 0.328 e. The van der Waals surface area contributed by atoms with E-state index < -0.39 is 23.5 Å². The molecule has 0 saturated carbocycles. The number of H-pyrrole nitrogens is 1. The fourth-order valence-electron chi connectivity index (χ4n) is 2.72. The maximum absolute atomic E-state index is 12.7. The second kappa shape index (κ2) is 7.69. The zero-order valence-corrected chi connectivity index (χ0v) is 14.4. The highest BCUT2D eigenvalue weighted by Crippen LogP contribution is 2.14. The molecule has 0 aliphatic heterocycles. The molecule has 0 aliphatic carbocycles. The van der Waals surface area contributed by atoms with Gasteiger partial charge in [-0.1, -0.05) is 30.3 Å². The Balaban J connectivity index is 1.89. The van der Waals surface area contributed by atoms with E-state index in [1.165, 1.54) is 19.2 Å². The Kier molecular flexibility index (Phi) is 5.16. The topological polar surface area (TPSA) is 121 Å². The molecule has 0 saturated heterocycles. The van der Waals surface area contributed by atoms with Crippen molar-refractivity contribution in [2.24, 2.45) is 0 Å². The van der Waals surface area contributed by atoms with Gasteiger partial charge in [0.05, 0.1) is 12.5 Å². The number of ether oxygens (including phenoxy) is 1. The number of hydrogen-bond acceptors (Lipinski definition) is 6. The predicted octanol–water partition coefficient (Wildman–Crippen LogP) is 1.14. The van der Waals surface area contributed by atoms with Crippen LogP contribution in [0.2, 0.25) is 0 Å². The Hall–Kier alpha value is -3.68. The maximum atomic E-state index is 12.7. The third-order valence-corrected chi connectivity index (χ3v) is 4.08. The number of carbonyl (C=O) groups excluding carboxylic acids is 2. The van der Waals surface area contributed by atoms with E-state index in [1.54, 1.807) is 36.4 Å². The normalized spacial score (nSPS) is 11.7. The van der Waals surface area contributed by atoms with Crippen molar-refractivity contribution in [1.82, 2.24) is 15.5 Å². The van der Waals surface area contributed by atoms with Crippen molar-refractivity contribution < 1.29 is 19.4 Å². The lowest BCUT2D eigenvalue weighted by Gasteiger charge is -2.17. The molecule has 27 heavy (non-hydrogen) atoms. The molecule has 0 aliphatic rings. The summed E-state index contributed by atoms with van der Waals surface area (Å²) < 4.78 is 4.77. The van der Waals surface area contributed by atoms with Crippen molar-refractivity contribution in [3.8, 4) is 5.75 Å². The number of nitrogens with zero attached hydrogens (tertiary/aromatic N) is 1. The number of benzene rings is 2. The molecule has 1 atom stereocenters. The van der Waals surface area contributed by atoms with E-state index in [-0.39, 0.29) is 17.9 Å². The van der Waals surface area contributed by atoms with Gasteiger partial charge in [-0.2, -0.15) is 5.10 Å². The Morgan fingerprint density at radius 2 is 1.81 bits per heavy atom. The number of amides is 1. The summed E-state index contributed by atoms with van der Waals surface area (Å²) in [6.45, 7) is 0. The summed E-state index contributed by atoms with van der Waals surface area (Å²) in [7, 11) is 1.23. The summed E-state index contributed by atoms with van der Waals surface area (Å²) >= 11 is 0. The molecule has 3 N–H and O–H groups in total. The number of nitrogens with one attached hydrogen (secondary N) is 2. The van der Waals surface area contributed by atoms with Crippen LogP contribution in [0.15, 0.2) is 53.3 Å². The van der Waals surface area contributed by atoms with E-state index in [9.17, 15) is 19.5 Å². The molecule has 0 bridgehead atoms. The van der Waals surface area contributed by atoms with Crippen molar-refractivity contribution in [2.75, 3.05) is 7.11 Å². The van der Waals surface area contributed by atoms with Gasteiger partial charge in [-0.25, -0.2) is 9.89 Å². The van der Waals surface area contributed by atoms with Crippen molar-refractivity contribution >= 4 is 22.6 Å². The zero-order valence-electron chi connectivity index (χ0n) is 14.4. The van der Waals surface area contributed by atoms with Crippen molar-refractivity contribution in [3.63, 3.8) is 0 Å². The summed E-state index contributed by atoms with van der Waals surface area (Å²) in [6, 6.07) is 11.9. The van der Waals surface area contributed by atoms with Crippen molar-refractivity contribution in [2.45, 2.75) is 12.5 Å². The van der Waals surface area contributed by atoms with E-state index in [4.69, 9.17) is 4.74 Å².